The molecule has 0 bridgehead atoms. The zero-order valence-electron chi connectivity index (χ0n) is 20.4. The van der Waals surface area contributed by atoms with Crippen molar-refractivity contribution in [1.29, 1.82) is 0 Å². The molecule has 2 amide bonds. The summed E-state index contributed by atoms with van der Waals surface area (Å²) in [4.78, 5) is 25.3. The third-order valence-corrected chi connectivity index (χ3v) is 5.18. The van der Waals surface area contributed by atoms with Crippen LogP contribution in [0.2, 0.25) is 0 Å². The third-order valence-electron chi connectivity index (χ3n) is 5.18. The molecule has 0 aliphatic carbocycles. The van der Waals surface area contributed by atoms with Gasteiger partial charge in [-0.2, -0.15) is 5.10 Å². The first-order valence-electron chi connectivity index (χ1n) is 11.5. The molecule has 3 rings (SSSR count). The monoisotopic (exact) mass is 509 g/mol. The van der Waals surface area contributed by atoms with Gasteiger partial charge in [-0.05, 0) is 54.4 Å². The van der Waals surface area contributed by atoms with Crippen molar-refractivity contribution in [3.05, 3.63) is 89.2 Å². The van der Waals surface area contributed by atoms with Gasteiger partial charge in [0.25, 0.3) is 5.91 Å². The molecule has 0 saturated heterocycles. The van der Waals surface area contributed by atoms with E-state index in [2.05, 4.69) is 15.8 Å². The SMILES string of the molecule is CCOc1cc(C=NNC(=O)C(Cc2ccc(O)cc2)NC(=O)OCc2ccccc2F)ccc1OC. The topological polar surface area (TPSA) is 118 Å². The van der Waals surface area contributed by atoms with E-state index in [4.69, 9.17) is 14.2 Å². The summed E-state index contributed by atoms with van der Waals surface area (Å²) >= 11 is 0. The van der Waals surface area contributed by atoms with Crippen molar-refractivity contribution in [3.63, 3.8) is 0 Å². The van der Waals surface area contributed by atoms with E-state index in [0.29, 0.717) is 29.2 Å². The number of aromatic hydroxyl groups is 1. The lowest BCUT2D eigenvalue weighted by molar-refractivity contribution is -0.123. The van der Waals surface area contributed by atoms with Gasteiger partial charge in [-0.15, -0.1) is 0 Å². The predicted molar refractivity (Wildman–Crippen MR) is 135 cm³/mol. The Morgan fingerprint density at radius 1 is 1.08 bits per heavy atom. The second-order valence-corrected chi connectivity index (χ2v) is 7.81. The van der Waals surface area contributed by atoms with Crippen molar-refractivity contribution in [3.8, 4) is 17.2 Å². The van der Waals surface area contributed by atoms with Crippen molar-refractivity contribution in [2.45, 2.75) is 26.0 Å². The number of ether oxygens (including phenoxy) is 3. The summed E-state index contributed by atoms with van der Waals surface area (Å²) in [6.07, 6.45) is 0.615. The standard InChI is InChI=1S/C27H28FN3O6/c1-3-36-25-15-19(10-13-24(25)35-2)16-29-31-26(33)23(14-18-8-11-21(32)12-9-18)30-27(34)37-17-20-6-4-5-7-22(20)28/h4-13,15-16,23,32H,3,14,17H2,1-2H3,(H,30,34)(H,31,33). The fraction of sp³-hybridized carbons (Fsp3) is 0.222. The van der Waals surface area contributed by atoms with E-state index in [0.717, 1.165) is 0 Å². The van der Waals surface area contributed by atoms with E-state index >= 15 is 0 Å². The molecule has 194 valence electrons. The molecule has 0 aromatic heterocycles. The van der Waals surface area contributed by atoms with E-state index < -0.39 is 23.9 Å². The largest absolute Gasteiger partial charge is 0.508 e. The lowest BCUT2D eigenvalue weighted by Gasteiger charge is -2.17. The van der Waals surface area contributed by atoms with Gasteiger partial charge in [-0.1, -0.05) is 30.3 Å². The Morgan fingerprint density at radius 2 is 1.84 bits per heavy atom. The number of methoxy groups -OCH3 is 1. The molecule has 0 aliphatic rings. The molecule has 37 heavy (non-hydrogen) atoms. The quantitative estimate of drug-likeness (QED) is 0.266. The first kappa shape index (κ1) is 27.0. The van der Waals surface area contributed by atoms with Crippen LogP contribution in [0.15, 0.2) is 71.8 Å². The number of phenolic OH excluding ortho intramolecular Hbond substituents is 1. The molecule has 1 atom stereocenters. The number of benzene rings is 3. The maximum Gasteiger partial charge on any atom is 0.408 e. The van der Waals surface area contributed by atoms with Gasteiger partial charge in [0, 0.05) is 12.0 Å². The highest BCUT2D eigenvalue weighted by Gasteiger charge is 2.22. The number of carbonyl (C=O) groups excluding carboxylic acids is 2. The number of amides is 2. The van der Waals surface area contributed by atoms with Crippen molar-refractivity contribution in [1.82, 2.24) is 10.7 Å². The zero-order valence-corrected chi connectivity index (χ0v) is 20.4. The highest BCUT2D eigenvalue weighted by atomic mass is 19.1. The number of halogens is 1. The summed E-state index contributed by atoms with van der Waals surface area (Å²) in [6, 6.07) is 16.2. The predicted octanol–water partition coefficient (Wildman–Crippen LogP) is 3.93. The Bertz CT molecular complexity index is 1230. The number of nitrogens with one attached hydrogen (secondary N) is 2. The number of rotatable bonds is 11. The molecule has 9 nitrogen and oxygen atoms in total. The number of carbonyl (C=O) groups is 2. The van der Waals surface area contributed by atoms with E-state index in [1.54, 1.807) is 36.4 Å². The molecule has 3 aromatic rings. The van der Waals surface area contributed by atoms with Gasteiger partial charge in [0.15, 0.2) is 11.5 Å². The Hall–Kier alpha value is -4.60. The van der Waals surface area contributed by atoms with Crippen LogP contribution in [-0.2, 0) is 22.6 Å². The molecule has 3 aromatic carbocycles. The number of hydrogen-bond acceptors (Lipinski definition) is 7. The number of alkyl carbamates (subject to hydrolysis) is 1. The zero-order chi connectivity index (χ0) is 26.6. The van der Waals surface area contributed by atoms with Gasteiger partial charge in [0.1, 0.15) is 24.2 Å². The molecule has 0 heterocycles. The van der Waals surface area contributed by atoms with Crippen LogP contribution in [0, 0.1) is 5.82 Å². The first-order valence-corrected chi connectivity index (χ1v) is 11.5. The van der Waals surface area contributed by atoms with Crippen molar-refractivity contribution < 1.29 is 33.3 Å². The number of hydrazone groups is 1. The van der Waals surface area contributed by atoms with Gasteiger partial charge in [-0.3, -0.25) is 4.79 Å². The molecule has 10 heteroatoms. The number of nitrogens with zero attached hydrogens (tertiary/aromatic N) is 1. The van der Waals surface area contributed by atoms with Crippen LogP contribution in [0.1, 0.15) is 23.6 Å². The Balaban J connectivity index is 1.67. The van der Waals surface area contributed by atoms with Crippen molar-refractivity contribution in [2.24, 2.45) is 5.10 Å². The molecular formula is C27H28FN3O6. The van der Waals surface area contributed by atoms with Gasteiger partial charge >= 0.3 is 6.09 Å². The molecule has 3 N–H and O–H groups in total. The minimum Gasteiger partial charge on any atom is -0.508 e. The average molecular weight is 510 g/mol. The molecule has 0 saturated carbocycles. The molecule has 1 unspecified atom stereocenters. The van der Waals surface area contributed by atoms with Gasteiger partial charge in [0.2, 0.25) is 0 Å². The molecular weight excluding hydrogens is 481 g/mol. The number of hydrogen-bond donors (Lipinski definition) is 3. The second kappa shape index (κ2) is 13.5. The van der Waals surface area contributed by atoms with Gasteiger partial charge in [0.05, 0.1) is 19.9 Å². The molecule has 0 spiro atoms. The fourth-order valence-corrected chi connectivity index (χ4v) is 3.31. The van der Waals surface area contributed by atoms with Crippen LogP contribution in [0.5, 0.6) is 17.2 Å². The van der Waals surface area contributed by atoms with Crippen molar-refractivity contribution >= 4 is 18.2 Å². The highest BCUT2D eigenvalue weighted by molar-refractivity contribution is 5.87. The van der Waals surface area contributed by atoms with Crippen LogP contribution < -0.4 is 20.2 Å². The summed E-state index contributed by atoms with van der Waals surface area (Å²) in [5, 5.41) is 16.0. The minimum absolute atomic E-state index is 0.0671. The van der Waals surface area contributed by atoms with Gasteiger partial charge in [-0.25, -0.2) is 14.6 Å². The summed E-state index contributed by atoms with van der Waals surface area (Å²) in [5.74, 6) is 0.0529. The van der Waals surface area contributed by atoms with E-state index in [1.807, 2.05) is 6.92 Å². The first-order chi connectivity index (χ1) is 17.9. The van der Waals surface area contributed by atoms with Crippen LogP contribution in [0.25, 0.3) is 0 Å². The maximum atomic E-state index is 13.8. The van der Waals surface area contributed by atoms with E-state index in [-0.39, 0.29) is 24.3 Å². The maximum absolute atomic E-state index is 13.8. The lowest BCUT2D eigenvalue weighted by Crippen LogP contribution is -2.47. The summed E-state index contributed by atoms with van der Waals surface area (Å²) in [7, 11) is 1.54. The summed E-state index contributed by atoms with van der Waals surface area (Å²) in [5.41, 5.74) is 3.94. The summed E-state index contributed by atoms with van der Waals surface area (Å²) < 4.78 is 29.7. The Morgan fingerprint density at radius 3 is 2.54 bits per heavy atom. The normalized spacial score (nSPS) is 11.5. The number of phenols is 1. The Labute approximate surface area is 213 Å². The minimum atomic E-state index is -1.07. The molecule has 0 aliphatic heterocycles. The van der Waals surface area contributed by atoms with Crippen LogP contribution >= 0.6 is 0 Å². The smallest absolute Gasteiger partial charge is 0.408 e. The van der Waals surface area contributed by atoms with E-state index in [1.165, 1.54) is 43.7 Å². The Kier molecular flexibility index (Phi) is 9.83. The average Bonchev–Trinajstić information content (AvgIpc) is 2.89. The molecule has 0 fully saturated rings. The lowest BCUT2D eigenvalue weighted by atomic mass is 10.1. The summed E-state index contributed by atoms with van der Waals surface area (Å²) in [6.45, 7) is 2.00. The van der Waals surface area contributed by atoms with Gasteiger partial charge < -0.3 is 24.6 Å². The molecule has 0 radical (unpaired) electrons. The van der Waals surface area contributed by atoms with Crippen molar-refractivity contribution in [2.75, 3.05) is 13.7 Å². The van der Waals surface area contributed by atoms with Crippen LogP contribution in [0.4, 0.5) is 9.18 Å². The second-order valence-electron chi connectivity index (χ2n) is 7.81. The highest BCUT2D eigenvalue weighted by Crippen LogP contribution is 2.27. The van der Waals surface area contributed by atoms with E-state index in [9.17, 15) is 19.1 Å². The van der Waals surface area contributed by atoms with Crippen LogP contribution in [0.3, 0.4) is 0 Å². The van der Waals surface area contributed by atoms with Crippen LogP contribution in [-0.4, -0.2) is 43.1 Å². The third kappa shape index (κ3) is 8.24. The fourth-order valence-electron chi connectivity index (χ4n) is 3.31.